The van der Waals surface area contributed by atoms with Crippen LogP contribution in [-0.4, -0.2) is 35.5 Å². The molecule has 1 aromatic heterocycles. The number of Topliss-reactive ketones (excluding diaryl/α,β-unsaturated/α-hetero) is 1. The minimum absolute atomic E-state index is 0.0206. The Labute approximate surface area is 113 Å². The van der Waals surface area contributed by atoms with E-state index in [1.807, 2.05) is 24.6 Å². The molecule has 1 atom stereocenters. The fraction of sp³-hybridized carbons (Fsp3) is 0.692. The Kier molecular flexibility index (Phi) is 4.08. The maximum Gasteiger partial charge on any atom is 0.151 e. The van der Waals surface area contributed by atoms with Gasteiger partial charge in [-0.25, -0.2) is 8.42 Å². The highest BCUT2D eigenvalue weighted by molar-refractivity contribution is 7.91. The molecular formula is C13H20N2O3S. The quantitative estimate of drug-likeness (QED) is 0.809. The predicted octanol–water partition coefficient (Wildman–Crippen LogP) is 1.01. The summed E-state index contributed by atoms with van der Waals surface area (Å²) in [5.41, 5.74) is 1.87. The van der Waals surface area contributed by atoms with E-state index in [1.54, 1.807) is 0 Å². The van der Waals surface area contributed by atoms with Crippen molar-refractivity contribution in [1.82, 2.24) is 9.78 Å². The number of aryl methyl sites for hydroxylation is 2. The van der Waals surface area contributed by atoms with Crippen molar-refractivity contribution in [1.29, 1.82) is 0 Å². The lowest BCUT2D eigenvalue weighted by atomic mass is 10.00. The zero-order chi connectivity index (χ0) is 14.0. The maximum absolute atomic E-state index is 12.2. The first kappa shape index (κ1) is 14.2. The van der Waals surface area contributed by atoms with Gasteiger partial charge in [0.25, 0.3) is 0 Å². The van der Waals surface area contributed by atoms with Crippen LogP contribution in [0, 0.1) is 5.92 Å². The van der Waals surface area contributed by atoms with Gasteiger partial charge in [0.15, 0.2) is 9.84 Å². The zero-order valence-electron chi connectivity index (χ0n) is 11.4. The number of carbonyl (C=O) groups excluding carboxylic acids is 1. The van der Waals surface area contributed by atoms with Crippen molar-refractivity contribution in [3.05, 3.63) is 17.5 Å². The molecule has 2 rings (SSSR count). The van der Waals surface area contributed by atoms with Gasteiger partial charge in [-0.05, 0) is 25.8 Å². The molecule has 0 aromatic carbocycles. The van der Waals surface area contributed by atoms with Gasteiger partial charge in [0.05, 0.1) is 17.2 Å². The van der Waals surface area contributed by atoms with Crippen LogP contribution < -0.4 is 0 Å². The minimum atomic E-state index is -2.99. The molecule has 1 aliphatic heterocycles. The third-order valence-electron chi connectivity index (χ3n) is 3.62. The highest BCUT2D eigenvalue weighted by atomic mass is 32.2. The van der Waals surface area contributed by atoms with E-state index in [9.17, 15) is 13.2 Å². The summed E-state index contributed by atoms with van der Waals surface area (Å²) >= 11 is 0. The molecule has 2 heterocycles. The molecule has 1 aliphatic rings. The first-order valence-electron chi connectivity index (χ1n) is 6.74. The summed E-state index contributed by atoms with van der Waals surface area (Å²) in [5.74, 6) is -0.128. The Morgan fingerprint density at radius 2 is 2.21 bits per heavy atom. The summed E-state index contributed by atoms with van der Waals surface area (Å²) < 4.78 is 24.6. The Morgan fingerprint density at radius 1 is 1.47 bits per heavy atom. The summed E-state index contributed by atoms with van der Waals surface area (Å²) in [4.78, 5) is 12.2. The lowest BCUT2D eigenvalue weighted by Crippen LogP contribution is -2.19. The van der Waals surface area contributed by atoms with E-state index in [-0.39, 0.29) is 23.2 Å². The van der Waals surface area contributed by atoms with Crippen LogP contribution in [0.4, 0.5) is 0 Å². The van der Waals surface area contributed by atoms with Crippen LogP contribution in [0.25, 0.3) is 0 Å². The number of hydrogen-bond acceptors (Lipinski definition) is 4. The molecule has 0 radical (unpaired) electrons. The van der Waals surface area contributed by atoms with Gasteiger partial charge in [-0.2, -0.15) is 5.10 Å². The van der Waals surface area contributed by atoms with Gasteiger partial charge in [0.1, 0.15) is 5.78 Å². The van der Waals surface area contributed by atoms with Crippen LogP contribution in [0.3, 0.4) is 0 Å². The van der Waals surface area contributed by atoms with Crippen LogP contribution in [0.1, 0.15) is 31.7 Å². The van der Waals surface area contributed by atoms with Crippen molar-refractivity contribution in [2.24, 2.45) is 5.92 Å². The van der Waals surface area contributed by atoms with Crippen LogP contribution in [0.5, 0.6) is 0 Å². The van der Waals surface area contributed by atoms with Gasteiger partial charge in [-0.1, -0.05) is 6.92 Å². The molecule has 1 unspecified atom stereocenters. The molecule has 1 fully saturated rings. The molecule has 19 heavy (non-hydrogen) atoms. The van der Waals surface area contributed by atoms with Crippen LogP contribution in [0.15, 0.2) is 6.07 Å². The first-order valence-corrected chi connectivity index (χ1v) is 8.56. The molecule has 1 saturated heterocycles. The second-order valence-electron chi connectivity index (χ2n) is 5.04. The topological polar surface area (TPSA) is 69.0 Å². The number of ketones is 1. The Hall–Kier alpha value is -1.17. The van der Waals surface area contributed by atoms with Crippen molar-refractivity contribution in [3.63, 3.8) is 0 Å². The molecular weight excluding hydrogens is 264 g/mol. The summed E-state index contributed by atoms with van der Waals surface area (Å²) in [7, 11) is -2.99. The number of aromatic nitrogens is 2. The molecule has 0 N–H and O–H groups in total. The molecule has 0 amide bonds. The van der Waals surface area contributed by atoms with E-state index in [1.165, 1.54) is 0 Å². The van der Waals surface area contributed by atoms with Gasteiger partial charge in [0, 0.05) is 24.6 Å². The Balaban J connectivity index is 2.09. The molecule has 106 valence electrons. The highest BCUT2D eigenvalue weighted by Gasteiger charge is 2.33. The third kappa shape index (κ3) is 3.23. The molecule has 0 spiro atoms. The summed E-state index contributed by atoms with van der Waals surface area (Å²) in [5, 5.41) is 4.40. The van der Waals surface area contributed by atoms with Crippen molar-refractivity contribution < 1.29 is 13.2 Å². The fourth-order valence-corrected chi connectivity index (χ4v) is 4.25. The van der Waals surface area contributed by atoms with Crippen LogP contribution >= 0.6 is 0 Å². The fourth-order valence-electron chi connectivity index (χ4n) is 2.48. The number of rotatable bonds is 5. The first-order chi connectivity index (χ1) is 8.95. The van der Waals surface area contributed by atoms with Gasteiger partial charge >= 0.3 is 0 Å². The van der Waals surface area contributed by atoms with E-state index in [0.717, 1.165) is 24.4 Å². The number of hydrogen-bond donors (Lipinski definition) is 0. The van der Waals surface area contributed by atoms with Crippen molar-refractivity contribution >= 4 is 15.6 Å². The Bertz CT molecular complexity index is 575. The second-order valence-corrected chi connectivity index (χ2v) is 7.27. The summed E-state index contributed by atoms with van der Waals surface area (Å²) in [6, 6.07) is 1.95. The SMILES string of the molecule is CCc1cc(CC(=O)C2CCS(=O)(=O)C2)n(CC)n1. The number of carbonyl (C=O) groups is 1. The second kappa shape index (κ2) is 5.45. The zero-order valence-corrected chi connectivity index (χ0v) is 12.2. The van der Waals surface area contributed by atoms with Gasteiger partial charge in [0.2, 0.25) is 0 Å². The van der Waals surface area contributed by atoms with Crippen LogP contribution in [0.2, 0.25) is 0 Å². The third-order valence-corrected chi connectivity index (χ3v) is 5.39. The average Bonchev–Trinajstić information content (AvgIpc) is 2.92. The van der Waals surface area contributed by atoms with Gasteiger partial charge in [-0.3, -0.25) is 9.48 Å². The molecule has 0 saturated carbocycles. The number of sulfone groups is 1. The maximum atomic E-state index is 12.2. The average molecular weight is 284 g/mol. The smallest absolute Gasteiger partial charge is 0.151 e. The molecule has 0 bridgehead atoms. The normalized spacial score (nSPS) is 21.7. The summed E-state index contributed by atoms with van der Waals surface area (Å²) in [6.07, 6.45) is 1.61. The largest absolute Gasteiger partial charge is 0.299 e. The van der Waals surface area contributed by atoms with E-state index in [4.69, 9.17) is 0 Å². The van der Waals surface area contributed by atoms with Gasteiger partial charge in [-0.15, -0.1) is 0 Å². The van der Waals surface area contributed by atoms with E-state index >= 15 is 0 Å². The monoisotopic (exact) mass is 284 g/mol. The standard InChI is InChI=1S/C13H20N2O3S/c1-3-11-7-12(15(4-2)14-11)8-13(16)10-5-6-19(17,18)9-10/h7,10H,3-6,8-9H2,1-2H3. The van der Waals surface area contributed by atoms with Crippen molar-refractivity contribution in [3.8, 4) is 0 Å². The van der Waals surface area contributed by atoms with E-state index in [0.29, 0.717) is 12.8 Å². The van der Waals surface area contributed by atoms with E-state index < -0.39 is 9.84 Å². The predicted molar refractivity (Wildman–Crippen MR) is 72.8 cm³/mol. The van der Waals surface area contributed by atoms with Crippen molar-refractivity contribution in [2.45, 2.75) is 39.7 Å². The summed E-state index contributed by atoms with van der Waals surface area (Å²) in [6.45, 7) is 4.74. The minimum Gasteiger partial charge on any atom is -0.299 e. The molecule has 6 heteroatoms. The number of nitrogens with zero attached hydrogens (tertiary/aromatic N) is 2. The Morgan fingerprint density at radius 3 is 2.74 bits per heavy atom. The van der Waals surface area contributed by atoms with Crippen molar-refractivity contribution in [2.75, 3.05) is 11.5 Å². The highest BCUT2D eigenvalue weighted by Crippen LogP contribution is 2.21. The molecule has 0 aliphatic carbocycles. The lowest BCUT2D eigenvalue weighted by molar-refractivity contribution is -0.121. The molecule has 5 nitrogen and oxygen atoms in total. The molecule has 1 aromatic rings. The van der Waals surface area contributed by atoms with Crippen LogP contribution in [-0.2, 0) is 34.0 Å². The van der Waals surface area contributed by atoms with Gasteiger partial charge < -0.3 is 0 Å². The van der Waals surface area contributed by atoms with E-state index in [2.05, 4.69) is 5.10 Å². The lowest BCUT2D eigenvalue weighted by Gasteiger charge is -2.07.